The van der Waals surface area contributed by atoms with Crippen molar-refractivity contribution in [2.75, 3.05) is 6.61 Å². The van der Waals surface area contributed by atoms with Gasteiger partial charge in [-0.05, 0) is 105 Å². The first-order valence-electron chi connectivity index (χ1n) is 13.6. The lowest BCUT2D eigenvalue weighted by Crippen LogP contribution is -2.44. The third kappa shape index (κ3) is 5.47. The Morgan fingerprint density at radius 1 is 0.839 bits per heavy atom. The van der Waals surface area contributed by atoms with Gasteiger partial charge >= 0.3 is 0 Å². The van der Waals surface area contributed by atoms with Crippen molar-refractivity contribution in [3.8, 4) is 0 Å². The molecule has 0 radical (unpaired) electrons. The molecule has 4 saturated carbocycles. The van der Waals surface area contributed by atoms with Gasteiger partial charge in [0.15, 0.2) is 0 Å². The molecule has 2 bridgehead atoms. The average molecular weight is 423 g/mol. The number of unbranched alkanes of at least 4 members (excludes halogenated alkanes) is 2. The molecule has 0 heterocycles. The van der Waals surface area contributed by atoms with Gasteiger partial charge in [0.1, 0.15) is 0 Å². The van der Waals surface area contributed by atoms with Crippen LogP contribution in [0.2, 0.25) is 0 Å². The first kappa shape index (κ1) is 23.1. The molecule has 5 rings (SSSR count). The summed E-state index contributed by atoms with van der Waals surface area (Å²) >= 11 is 0. The third-order valence-corrected chi connectivity index (χ3v) is 9.17. The van der Waals surface area contributed by atoms with Crippen LogP contribution in [0.3, 0.4) is 0 Å². The molecule has 4 aliphatic carbocycles. The minimum Gasteiger partial charge on any atom is -0.374 e. The van der Waals surface area contributed by atoms with Crippen molar-refractivity contribution in [2.24, 2.45) is 5.41 Å². The van der Waals surface area contributed by atoms with Crippen LogP contribution < -0.4 is 0 Å². The molecule has 0 amide bonds. The van der Waals surface area contributed by atoms with Gasteiger partial charge in [-0.15, -0.1) is 0 Å². The molecule has 172 valence electrons. The number of rotatable bonds is 10. The molecule has 1 nitrogen and oxygen atoms in total. The summed E-state index contributed by atoms with van der Waals surface area (Å²) in [4.78, 5) is 0. The predicted molar refractivity (Wildman–Crippen MR) is 133 cm³/mol. The highest BCUT2D eigenvalue weighted by Crippen LogP contribution is 2.59. The normalized spacial score (nSPS) is 33.2. The number of ether oxygens (including phenoxy) is 1. The Hall–Kier alpha value is -1.08. The van der Waals surface area contributed by atoms with Crippen molar-refractivity contribution in [2.45, 2.75) is 128 Å². The highest BCUT2D eigenvalue weighted by atomic mass is 16.5. The highest BCUT2D eigenvalue weighted by molar-refractivity contribution is 5.33. The van der Waals surface area contributed by atoms with Gasteiger partial charge in [0.2, 0.25) is 0 Å². The molecule has 31 heavy (non-hydrogen) atoms. The summed E-state index contributed by atoms with van der Waals surface area (Å²) in [7, 11) is 0. The van der Waals surface area contributed by atoms with E-state index < -0.39 is 0 Å². The number of hydrogen-bond donors (Lipinski definition) is 0. The van der Waals surface area contributed by atoms with Gasteiger partial charge in [-0.3, -0.25) is 0 Å². The van der Waals surface area contributed by atoms with Crippen LogP contribution in [0.1, 0.15) is 127 Å². The second-order valence-corrected chi connectivity index (χ2v) is 11.1. The van der Waals surface area contributed by atoms with Crippen LogP contribution in [0.15, 0.2) is 36.4 Å². The average Bonchev–Trinajstić information content (AvgIpc) is 2.83. The molecule has 4 fully saturated rings. The smallest absolute Gasteiger partial charge is 0.0651 e. The van der Waals surface area contributed by atoms with E-state index in [-0.39, 0.29) is 0 Å². The molecular weight excluding hydrogens is 376 g/mol. The first-order chi connectivity index (χ1) is 15.2. The third-order valence-electron chi connectivity index (χ3n) is 9.17. The second-order valence-electron chi connectivity index (χ2n) is 11.1. The van der Waals surface area contributed by atoms with Gasteiger partial charge in [-0.2, -0.15) is 0 Å². The number of hydrogen-bond acceptors (Lipinski definition) is 1. The minimum atomic E-state index is 0.470. The van der Waals surface area contributed by atoms with Crippen molar-refractivity contribution in [1.82, 2.24) is 0 Å². The second kappa shape index (κ2) is 10.7. The Kier molecular flexibility index (Phi) is 7.96. The zero-order valence-electron chi connectivity index (χ0n) is 20.3. The Morgan fingerprint density at radius 2 is 1.52 bits per heavy atom. The fraction of sp³-hybridized carbons (Fsp3) is 0.733. The zero-order valence-corrected chi connectivity index (χ0v) is 20.3. The molecule has 0 unspecified atom stereocenters. The number of fused-ring (bicyclic) bond motifs is 3. The topological polar surface area (TPSA) is 9.23 Å². The maximum Gasteiger partial charge on any atom is 0.0651 e. The lowest BCUT2D eigenvalue weighted by molar-refractivity contribution is 0.0320. The van der Waals surface area contributed by atoms with Gasteiger partial charge in [0.05, 0.1) is 12.7 Å². The van der Waals surface area contributed by atoms with Crippen LogP contribution in [0.5, 0.6) is 0 Å². The molecule has 1 aromatic rings. The first-order valence-corrected chi connectivity index (χ1v) is 13.6. The molecule has 0 atom stereocenters. The lowest BCUT2D eigenvalue weighted by atomic mass is 9.51. The molecule has 0 saturated heterocycles. The predicted octanol–water partition coefficient (Wildman–Crippen LogP) is 8.87. The molecule has 0 spiro atoms. The van der Waals surface area contributed by atoms with Crippen LogP contribution in [0.4, 0.5) is 0 Å². The maximum absolute atomic E-state index is 6.12. The number of allylic oxidation sites excluding steroid dienone is 1. The summed E-state index contributed by atoms with van der Waals surface area (Å²) in [6, 6.07) is 9.98. The summed E-state index contributed by atoms with van der Waals surface area (Å²) in [5.41, 5.74) is 4.44. The van der Waals surface area contributed by atoms with Crippen molar-refractivity contribution in [1.29, 1.82) is 0 Å². The van der Waals surface area contributed by atoms with Crippen LogP contribution in [0, 0.1) is 5.41 Å². The summed E-state index contributed by atoms with van der Waals surface area (Å²) < 4.78 is 6.12. The monoisotopic (exact) mass is 422 g/mol. The summed E-state index contributed by atoms with van der Waals surface area (Å²) in [6.07, 6.45) is 25.3. The molecule has 0 N–H and O–H groups in total. The van der Waals surface area contributed by atoms with Gasteiger partial charge in [-0.25, -0.2) is 0 Å². The van der Waals surface area contributed by atoms with E-state index in [0.717, 1.165) is 12.5 Å². The summed E-state index contributed by atoms with van der Waals surface area (Å²) in [6.45, 7) is 5.42. The summed E-state index contributed by atoms with van der Waals surface area (Å²) in [5, 5.41) is 0. The molecule has 0 aromatic heterocycles. The summed E-state index contributed by atoms with van der Waals surface area (Å²) in [5.74, 6) is 0.737. The van der Waals surface area contributed by atoms with Gasteiger partial charge < -0.3 is 4.74 Å². The maximum atomic E-state index is 6.12. The van der Waals surface area contributed by atoms with E-state index in [1.54, 1.807) is 11.1 Å². The Balaban J connectivity index is 1.25. The van der Waals surface area contributed by atoms with E-state index in [9.17, 15) is 0 Å². The van der Waals surface area contributed by atoms with Crippen molar-refractivity contribution in [3.63, 3.8) is 0 Å². The quantitative estimate of drug-likeness (QED) is 0.270. The van der Waals surface area contributed by atoms with Crippen LogP contribution >= 0.6 is 0 Å². The van der Waals surface area contributed by atoms with E-state index in [1.165, 1.54) is 96.3 Å². The molecule has 4 aliphatic rings. The van der Waals surface area contributed by atoms with Gasteiger partial charge in [0.25, 0.3) is 0 Å². The fourth-order valence-electron chi connectivity index (χ4n) is 6.97. The minimum absolute atomic E-state index is 0.470. The van der Waals surface area contributed by atoms with E-state index in [4.69, 9.17) is 4.74 Å². The van der Waals surface area contributed by atoms with Crippen molar-refractivity contribution < 1.29 is 4.74 Å². The highest BCUT2D eigenvalue weighted by Gasteiger charge is 2.48. The van der Waals surface area contributed by atoms with Crippen LogP contribution in [-0.2, 0) is 10.2 Å². The lowest BCUT2D eigenvalue weighted by Gasteiger charge is -2.54. The number of benzene rings is 1. The molecule has 1 heteroatoms. The molecule has 1 aromatic carbocycles. The van der Waals surface area contributed by atoms with Gasteiger partial charge in [-0.1, -0.05) is 69.5 Å². The standard InChI is InChI=1S/C30H46O/c1-3-5-6-7-8-24-31-28-15-11-26(12-16-28)25-9-13-27(14-10-25)30-21-18-29(17-4-2,19-22-30)20-23-30/h7-10,13-14,26,28H,3-6,11-12,15-24H2,1-2H3/b8-7+/t26-,28-,29?,30?. The Morgan fingerprint density at radius 3 is 2.13 bits per heavy atom. The van der Waals surface area contributed by atoms with Crippen molar-refractivity contribution in [3.05, 3.63) is 47.5 Å². The van der Waals surface area contributed by atoms with E-state index >= 15 is 0 Å². The molecule has 0 aliphatic heterocycles. The Labute approximate surface area is 192 Å². The Bertz CT molecular complexity index is 667. The van der Waals surface area contributed by atoms with Crippen molar-refractivity contribution >= 4 is 0 Å². The van der Waals surface area contributed by atoms with Gasteiger partial charge in [0, 0.05) is 0 Å². The largest absolute Gasteiger partial charge is 0.374 e. The SMILES string of the molecule is CCCC/C=C/CO[C@H]1CC[C@H](c2ccc(C34CCC(CCC)(CC3)CC4)cc2)CC1. The van der Waals surface area contributed by atoms with E-state index in [1.807, 2.05) is 0 Å². The van der Waals surface area contributed by atoms with Crippen LogP contribution in [0.25, 0.3) is 0 Å². The molecular formula is C30H46O. The van der Waals surface area contributed by atoms with E-state index in [0.29, 0.717) is 16.9 Å². The van der Waals surface area contributed by atoms with E-state index in [2.05, 4.69) is 50.3 Å². The fourth-order valence-corrected chi connectivity index (χ4v) is 6.97. The van der Waals surface area contributed by atoms with Crippen LogP contribution in [-0.4, -0.2) is 12.7 Å². The zero-order chi connectivity index (χ0) is 21.6.